The number of hydrogen-bond acceptors (Lipinski definition) is 2. The highest BCUT2D eigenvalue weighted by Gasteiger charge is 2.26. The van der Waals surface area contributed by atoms with Crippen molar-refractivity contribution in [2.24, 2.45) is 5.92 Å². The predicted octanol–water partition coefficient (Wildman–Crippen LogP) is 0.886. The fraction of sp³-hybridized carbons (Fsp3) is 0.600. The molecule has 1 aliphatic rings. The maximum atomic E-state index is 11.4. The molecule has 1 aliphatic heterocycles. The minimum Gasteiger partial charge on any atom is -0.478 e. The van der Waals surface area contributed by atoms with E-state index in [0.717, 1.165) is 13.0 Å². The van der Waals surface area contributed by atoms with E-state index in [9.17, 15) is 9.59 Å². The Hall–Kier alpha value is -1.32. The molecule has 0 aliphatic carbocycles. The van der Waals surface area contributed by atoms with Crippen LogP contribution < -0.4 is 0 Å². The van der Waals surface area contributed by atoms with Gasteiger partial charge in [0.25, 0.3) is 0 Å². The Labute approximate surface area is 83.2 Å². The zero-order valence-corrected chi connectivity index (χ0v) is 8.49. The summed E-state index contributed by atoms with van der Waals surface area (Å²) in [5.41, 5.74) is 0.289. The lowest BCUT2D eigenvalue weighted by atomic mass is 10.1. The van der Waals surface area contributed by atoms with Gasteiger partial charge in [-0.25, -0.2) is 4.79 Å². The van der Waals surface area contributed by atoms with Gasteiger partial charge in [0.2, 0.25) is 5.91 Å². The fourth-order valence-electron chi connectivity index (χ4n) is 1.41. The number of carbonyl (C=O) groups excluding carboxylic acids is 1. The molecule has 14 heavy (non-hydrogen) atoms. The average molecular weight is 197 g/mol. The molecule has 0 bridgehead atoms. The van der Waals surface area contributed by atoms with Crippen LogP contribution in [0, 0.1) is 5.92 Å². The van der Waals surface area contributed by atoms with Crippen molar-refractivity contribution < 1.29 is 14.7 Å². The number of carbonyl (C=O) groups is 2. The van der Waals surface area contributed by atoms with Gasteiger partial charge in [-0.05, 0) is 13.3 Å². The van der Waals surface area contributed by atoms with Gasteiger partial charge in [0.1, 0.15) is 0 Å². The number of likely N-dealkylation sites (tertiary alicyclic amines) is 1. The fourth-order valence-corrected chi connectivity index (χ4v) is 1.41. The lowest BCUT2D eigenvalue weighted by Crippen LogP contribution is -2.27. The standard InChI is InChI=1S/C10H15NO3/c1-7-3-5-11(9(7)12)6-4-8(2)10(13)14/h4,7H,3,5-6H2,1-2H3,(H,13,14)/b8-4-. The molecule has 0 saturated carbocycles. The van der Waals surface area contributed by atoms with E-state index in [4.69, 9.17) is 5.11 Å². The van der Waals surface area contributed by atoms with Gasteiger partial charge in [0.05, 0.1) is 0 Å². The molecule has 0 aromatic carbocycles. The highest BCUT2D eigenvalue weighted by atomic mass is 16.4. The molecule has 4 heteroatoms. The van der Waals surface area contributed by atoms with Crippen LogP contribution in [0.25, 0.3) is 0 Å². The van der Waals surface area contributed by atoms with Crippen LogP contribution in [0.5, 0.6) is 0 Å². The molecule has 1 N–H and O–H groups in total. The van der Waals surface area contributed by atoms with E-state index < -0.39 is 5.97 Å². The molecule has 0 spiro atoms. The van der Waals surface area contributed by atoms with Crippen molar-refractivity contribution in [2.75, 3.05) is 13.1 Å². The number of aliphatic carboxylic acids is 1. The number of rotatable bonds is 3. The van der Waals surface area contributed by atoms with E-state index >= 15 is 0 Å². The van der Waals surface area contributed by atoms with E-state index in [0.29, 0.717) is 6.54 Å². The summed E-state index contributed by atoms with van der Waals surface area (Å²) in [6, 6.07) is 0. The molecule has 0 aromatic rings. The van der Waals surface area contributed by atoms with Crippen molar-refractivity contribution in [3.05, 3.63) is 11.6 Å². The van der Waals surface area contributed by atoms with E-state index in [-0.39, 0.29) is 17.4 Å². The molecular weight excluding hydrogens is 182 g/mol. The Bertz CT molecular complexity index is 283. The third kappa shape index (κ3) is 2.34. The predicted molar refractivity (Wildman–Crippen MR) is 51.8 cm³/mol. The first-order valence-electron chi connectivity index (χ1n) is 4.71. The molecule has 0 aromatic heterocycles. The molecule has 1 heterocycles. The second-order valence-electron chi connectivity index (χ2n) is 3.67. The van der Waals surface area contributed by atoms with Crippen molar-refractivity contribution in [3.8, 4) is 0 Å². The quantitative estimate of drug-likeness (QED) is 0.683. The third-order valence-corrected chi connectivity index (χ3v) is 2.52. The van der Waals surface area contributed by atoms with Crippen LogP contribution in [0.15, 0.2) is 11.6 Å². The number of carboxylic acids is 1. The maximum absolute atomic E-state index is 11.4. The van der Waals surface area contributed by atoms with Crippen LogP contribution in [0.2, 0.25) is 0 Å². The van der Waals surface area contributed by atoms with Crippen LogP contribution in [-0.2, 0) is 9.59 Å². The van der Waals surface area contributed by atoms with Gasteiger partial charge in [-0.15, -0.1) is 0 Å². The number of nitrogens with zero attached hydrogens (tertiary/aromatic N) is 1. The highest BCUT2D eigenvalue weighted by Crippen LogP contribution is 2.16. The Morgan fingerprint density at radius 2 is 2.36 bits per heavy atom. The second-order valence-corrected chi connectivity index (χ2v) is 3.67. The van der Waals surface area contributed by atoms with E-state index in [1.54, 1.807) is 11.0 Å². The first kappa shape index (κ1) is 10.8. The summed E-state index contributed by atoms with van der Waals surface area (Å²) in [4.78, 5) is 23.6. The van der Waals surface area contributed by atoms with Gasteiger partial charge in [0, 0.05) is 24.6 Å². The van der Waals surface area contributed by atoms with Crippen LogP contribution in [-0.4, -0.2) is 35.0 Å². The molecule has 78 valence electrons. The highest BCUT2D eigenvalue weighted by molar-refractivity contribution is 5.86. The molecule has 1 atom stereocenters. The molecular formula is C10H15NO3. The molecule has 4 nitrogen and oxygen atoms in total. The summed E-state index contributed by atoms with van der Waals surface area (Å²) in [7, 11) is 0. The lowest BCUT2D eigenvalue weighted by Gasteiger charge is -2.13. The van der Waals surface area contributed by atoms with Gasteiger partial charge in [-0.3, -0.25) is 4.79 Å². The number of amides is 1. The Morgan fingerprint density at radius 1 is 1.71 bits per heavy atom. The normalized spacial score (nSPS) is 23.0. The Kier molecular flexibility index (Phi) is 3.28. The van der Waals surface area contributed by atoms with Gasteiger partial charge in [0.15, 0.2) is 0 Å². The smallest absolute Gasteiger partial charge is 0.331 e. The van der Waals surface area contributed by atoms with Gasteiger partial charge >= 0.3 is 5.97 Å². The van der Waals surface area contributed by atoms with Gasteiger partial charge in [-0.1, -0.05) is 13.0 Å². The summed E-state index contributed by atoms with van der Waals surface area (Å²) >= 11 is 0. The minimum absolute atomic E-state index is 0.0912. The molecule has 1 saturated heterocycles. The van der Waals surface area contributed by atoms with Crippen molar-refractivity contribution >= 4 is 11.9 Å². The monoisotopic (exact) mass is 197 g/mol. The van der Waals surface area contributed by atoms with E-state index in [2.05, 4.69) is 0 Å². The van der Waals surface area contributed by atoms with Gasteiger partial charge < -0.3 is 10.0 Å². The molecule has 1 amide bonds. The third-order valence-electron chi connectivity index (χ3n) is 2.52. The average Bonchev–Trinajstić information content (AvgIpc) is 2.44. The van der Waals surface area contributed by atoms with Crippen LogP contribution >= 0.6 is 0 Å². The maximum Gasteiger partial charge on any atom is 0.331 e. The van der Waals surface area contributed by atoms with Crippen molar-refractivity contribution in [3.63, 3.8) is 0 Å². The molecule has 1 fully saturated rings. The molecule has 1 rings (SSSR count). The zero-order valence-electron chi connectivity index (χ0n) is 8.49. The van der Waals surface area contributed by atoms with Crippen molar-refractivity contribution in [1.29, 1.82) is 0 Å². The largest absolute Gasteiger partial charge is 0.478 e. The Balaban J connectivity index is 2.51. The van der Waals surface area contributed by atoms with Crippen LogP contribution in [0.4, 0.5) is 0 Å². The minimum atomic E-state index is -0.926. The van der Waals surface area contributed by atoms with Crippen LogP contribution in [0.1, 0.15) is 20.3 Å². The van der Waals surface area contributed by atoms with Crippen LogP contribution in [0.3, 0.4) is 0 Å². The van der Waals surface area contributed by atoms with E-state index in [1.165, 1.54) is 6.92 Å². The van der Waals surface area contributed by atoms with Crippen molar-refractivity contribution in [2.45, 2.75) is 20.3 Å². The topological polar surface area (TPSA) is 57.6 Å². The van der Waals surface area contributed by atoms with Crippen molar-refractivity contribution in [1.82, 2.24) is 4.90 Å². The first-order chi connectivity index (χ1) is 6.52. The number of hydrogen-bond donors (Lipinski definition) is 1. The molecule has 0 radical (unpaired) electrons. The SMILES string of the molecule is C/C(=C/CN1CCC(C)C1=O)C(=O)O. The first-order valence-corrected chi connectivity index (χ1v) is 4.71. The number of carboxylic acid groups (broad SMARTS) is 1. The summed E-state index contributed by atoms with van der Waals surface area (Å²) in [6.45, 7) is 4.59. The summed E-state index contributed by atoms with van der Waals surface area (Å²) in [6.07, 6.45) is 2.46. The molecule has 1 unspecified atom stereocenters. The van der Waals surface area contributed by atoms with E-state index in [1.807, 2.05) is 6.92 Å². The second kappa shape index (κ2) is 4.26. The summed E-state index contributed by atoms with van der Waals surface area (Å²) in [5, 5.41) is 8.60. The summed E-state index contributed by atoms with van der Waals surface area (Å²) in [5.74, 6) is -0.710. The zero-order chi connectivity index (χ0) is 10.7. The lowest BCUT2D eigenvalue weighted by molar-refractivity contribution is -0.133. The Morgan fingerprint density at radius 3 is 2.79 bits per heavy atom. The van der Waals surface area contributed by atoms with Gasteiger partial charge in [-0.2, -0.15) is 0 Å². The summed E-state index contributed by atoms with van der Waals surface area (Å²) < 4.78 is 0.